The molecule has 8 nitrogen and oxygen atoms in total. The largest absolute Gasteiger partial charge is 0.368 e. The molecule has 1 aliphatic heterocycles. The topological polar surface area (TPSA) is 131 Å². The standard InChI is InChI=1S/C17H33N5O3/c1-11(2)20-9-5-4-7-13(18)17(25)22-10-6-8-14(22)16(24)21-12(3)15(19)23/h11-14,20H,4-10,18H2,1-3H3,(H2,19,23)(H,21,24)/t12-,13+,14+/m1/s1. The smallest absolute Gasteiger partial charge is 0.243 e. The molecule has 0 aliphatic carbocycles. The molecule has 0 unspecified atom stereocenters. The Labute approximate surface area is 150 Å². The normalized spacial score (nSPS) is 19.7. The van der Waals surface area contributed by atoms with Crippen LogP contribution in [-0.2, 0) is 14.4 Å². The zero-order valence-corrected chi connectivity index (χ0v) is 15.6. The number of rotatable bonds is 10. The number of nitrogens with two attached hydrogens (primary N) is 2. The Kier molecular flexibility index (Phi) is 8.85. The first-order valence-electron chi connectivity index (χ1n) is 9.13. The number of primary amides is 1. The molecule has 3 atom stereocenters. The van der Waals surface area contributed by atoms with Gasteiger partial charge < -0.3 is 27.0 Å². The zero-order chi connectivity index (χ0) is 19.0. The number of likely N-dealkylation sites (tertiary alicyclic amines) is 1. The van der Waals surface area contributed by atoms with Crippen molar-refractivity contribution in [3.63, 3.8) is 0 Å². The van der Waals surface area contributed by atoms with Crippen molar-refractivity contribution in [3.05, 3.63) is 0 Å². The monoisotopic (exact) mass is 355 g/mol. The van der Waals surface area contributed by atoms with Crippen LogP contribution in [0.2, 0.25) is 0 Å². The summed E-state index contributed by atoms with van der Waals surface area (Å²) in [5.41, 5.74) is 11.2. The number of amides is 3. The van der Waals surface area contributed by atoms with Crippen LogP contribution < -0.4 is 22.1 Å². The fraction of sp³-hybridized carbons (Fsp3) is 0.824. The van der Waals surface area contributed by atoms with Crippen LogP contribution in [0, 0.1) is 0 Å². The van der Waals surface area contributed by atoms with Gasteiger partial charge in [0.1, 0.15) is 12.1 Å². The number of nitrogens with one attached hydrogen (secondary N) is 2. The molecule has 3 amide bonds. The van der Waals surface area contributed by atoms with Crippen LogP contribution in [0.3, 0.4) is 0 Å². The minimum Gasteiger partial charge on any atom is -0.368 e. The Hall–Kier alpha value is -1.67. The molecule has 0 radical (unpaired) electrons. The summed E-state index contributed by atoms with van der Waals surface area (Å²) in [6.45, 7) is 7.13. The van der Waals surface area contributed by atoms with Crippen LogP contribution in [0.15, 0.2) is 0 Å². The third kappa shape index (κ3) is 6.99. The van der Waals surface area contributed by atoms with Gasteiger partial charge in [0.05, 0.1) is 6.04 Å². The Morgan fingerprint density at radius 2 is 1.88 bits per heavy atom. The van der Waals surface area contributed by atoms with Crippen molar-refractivity contribution in [1.29, 1.82) is 0 Å². The Balaban J connectivity index is 2.46. The van der Waals surface area contributed by atoms with Crippen molar-refractivity contribution < 1.29 is 14.4 Å². The molecular formula is C17H33N5O3. The molecule has 0 aromatic heterocycles. The molecule has 1 heterocycles. The molecule has 144 valence electrons. The molecule has 1 aliphatic rings. The van der Waals surface area contributed by atoms with Gasteiger partial charge in [0.25, 0.3) is 0 Å². The zero-order valence-electron chi connectivity index (χ0n) is 15.6. The van der Waals surface area contributed by atoms with Crippen molar-refractivity contribution in [3.8, 4) is 0 Å². The van der Waals surface area contributed by atoms with E-state index in [0.717, 1.165) is 25.8 Å². The van der Waals surface area contributed by atoms with E-state index in [1.54, 1.807) is 4.90 Å². The molecular weight excluding hydrogens is 322 g/mol. The van der Waals surface area contributed by atoms with E-state index in [2.05, 4.69) is 24.5 Å². The average molecular weight is 355 g/mol. The van der Waals surface area contributed by atoms with E-state index in [0.29, 0.717) is 25.4 Å². The molecule has 6 N–H and O–H groups in total. The van der Waals surface area contributed by atoms with Gasteiger partial charge in [-0.15, -0.1) is 0 Å². The summed E-state index contributed by atoms with van der Waals surface area (Å²) in [5, 5.41) is 5.89. The van der Waals surface area contributed by atoms with Gasteiger partial charge in [-0.2, -0.15) is 0 Å². The fourth-order valence-corrected chi connectivity index (χ4v) is 2.90. The SMILES string of the molecule is CC(C)NCCCC[C@H](N)C(=O)N1CCC[C@H]1C(=O)N[C@H](C)C(N)=O. The van der Waals surface area contributed by atoms with Crippen LogP contribution in [0.5, 0.6) is 0 Å². The van der Waals surface area contributed by atoms with E-state index < -0.39 is 24.0 Å². The van der Waals surface area contributed by atoms with Crippen molar-refractivity contribution in [1.82, 2.24) is 15.5 Å². The lowest BCUT2D eigenvalue weighted by Crippen LogP contribution is -2.54. The number of unbranched alkanes of at least 4 members (excludes halogenated alkanes) is 1. The van der Waals surface area contributed by atoms with Gasteiger partial charge >= 0.3 is 0 Å². The van der Waals surface area contributed by atoms with Gasteiger partial charge in [-0.05, 0) is 39.2 Å². The van der Waals surface area contributed by atoms with Crippen molar-refractivity contribution >= 4 is 17.7 Å². The molecule has 25 heavy (non-hydrogen) atoms. The Morgan fingerprint density at radius 1 is 1.20 bits per heavy atom. The highest BCUT2D eigenvalue weighted by Crippen LogP contribution is 2.19. The molecule has 0 aromatic rings. The summed E-state index contributed by atoms with van der Waals surface area (Å²) in [6, 6.07) is -1.47. The second-order valence-corrected chi connectivity index (χ2v) is 7.03. The maximum Gasteiger partial charge on any atom is 0.243 e. The highest BCUT2D eigenvalue weighted by molar-refractivity contribution is 5.92. The van der Waals surface area contributed by atoms with E-state index in [1.807, 2.05) is 0 Å². The van der Waals surface area contributed by atoms with Crippen LogP contribution >= 0.6 is 0 Å². The minimum atomic E-state index is -0.757. The minimum absolute atomic E-state index is 0.193. The van der Waals surface area contributed by atoms with E-state index in [-0.39, 0.29) is 11.8 Å². The highest BCUT2D eigenvalue weighted by Gasteiger charge is 2.36. The molecule has 1 fully saturated rings. The number of hydrogen-bond donors (Lipinski definition) is 4. The van der Waals surface area contributed by atoms with Gasteiger partial charge in [-0.3, -0.25) is 14.4 Å². The third-order valence-corrected chi connectivity index (χ3v) is 4.44. The third-order valence-electron chi connectivity index (χ3n) is 4.44. The predicted molar refractivity (Wildman–Crippen MR) is 96.5 cm³/mol. The first-order chi connectivity index (χ1) is 11.7. The Bertz CT molecular complexity index is 469. The van der Waals surface area contributed by atoms with Gasteiger partial charge in [-0.25, -0.2) is 0 Å². The van der Waals surface area contributed by atoms with Gasteiger partial charge in [0, 0.05) is 12.6 Å². The van der Waals surface area contributed by atoms with E-state index in [1.165, 1.54) is 6.92 Å². The predicted octanol–water partition coefficient (Wildman–Crippen LogP) is -0.537. The van der Waals surface area contributed by atoms with Crippen molar-refractivity contribution in [2.75, 3.05) is 13.1 Å². The number of nitrogens with zero attached hydrogens (tertiary/aromatic N) is 1. The number of hydrogen-bond acceptors (Lipinski definition) is 5. The quantitative estimate of drug-likeness (QED) is 0.391. The molecule has 1 rings (SSSR count). The molecule has 1 saturated heterocycles. The van der Waals surface area contributed by atoms with E-state index in [4.69, 9.17) is 11.5 Å². The van der Waals surface area contributed by atoms with Crippen LogP contribution in [0.25, 0.3) is 0 Å². The second kappa shape index (κ2) is 10.4. The van der Waals surface area contributed by atoms with Crippen LogP contribution in [0.4, 0.5) is 0 Å². The first-order valence-corrected chi connectivity index (χ1v) is 9.13. The van der Waals surface area contributed by atoms with Gasteiger partial charge in [0.15, 0.2) is 0 Å². The maximum atomic E-state index is 12.6. The lowest BCUT2D eigenvalue weighted by molar-refractivity contribution is -0.140. The lowest BCUT2D eigenvalue weighted by atomic mass is 10.1. The second-order valence-electron chi connectivity index (χ2n) is 7.03. The summed E-state index contributed by atoms with van der Waals surface area (Å²) in [7, 11) is 0. The van der Waals surface area contributed by atoms with Crippen molar-refractivity contribution in [2.24, 2.45) is 11.5 Å². The van der Waals surface area contributed by atoms with Crippen LogP contribution in [-0.4, -0.2) is 59.9 Å². The summed E-state index contributed by atoms with van der Waals surface area (Å²) in [5.74, 6) is -1.14. The van der Waals surface area contributed by atoms with E-state index in [9.17, 15) is 14.4 Å². The summed E-state index contributed by atoms with van der Waals surface area (Å²) in [6.07, 6.45) is 3.74. The maximum absolute atomic E-state index is 12.6. The highest BCUT2D eigenvalue weighted by atomic mass is 16.2. The molecule has 0 bridgehead atoms. The molecule has 0 spiro atoms. The molecule has 0 aromatic carbocycles. The number of carbonyl (C=O) groups excluding carboxylic acids is 3. The lowest BCUT2D eigenvalue weighted by Gasteiger charge is -2.27. The van der Waals surface area contributed by atoms with Crippen LogP contribution in [0.1, 0.15) is 52.9 Å². The van der Waals surface area contributed by atoms with Gasteiger partial charge in [-0.1, -0.05) is 20.3 Å². The van der Waals surface area contributed by atoms with Gasteiger partial charge in [0.2, 0.25) is 17.7 Å². The van der Waals surface area contributed by atoms with E-state index >= 15 is 0 Å². The Morgan fingerprint density at radius 3 is 2.48 bits per heavy atom. The first kappa shape index (κ1) is 21.4. The average Bonchev–Trinajstić information content (AvgIpc) is 3.02. The molecule has 8 heteroatoms. The van der Waals surface area contributed by atoms with Crippen molar-refractivity contribution in [2.45, 2.75) is 77.0 Å². The summed E-state index contributed by atoms with van der Waals surface area (Å²) < 4.78 is 0. The molecule has 0 saturated carbocycles. The summed E-state index contributed by atoms with van der Waals surface area (Å²) >= 11 is 0. The number of carbonyl (C=O) groups is 3. The fourth-order valence-electron chi connectivity index (χ4n) is 2.90. The summed E-state index contributed by atoms with van der Waals surface area (Å²) in [4.78, 5) is 37.5.